The molecule has 0 radical (unpaired) electrons. The highest BCUT2D eigenvalue weighted by atomic mass is 32.2. The minimum absolute atomic E-state index is 0.0222. The molecule has 1 rings (SSSR count). The second-order valence-corrected chi connectivity index (χ2v) is 7.23. The van der Waals surface area contributed by atoms with Gasteiger partial charge in [-0.05, 0) is 25.7 Å². The summed E-state index contributed by atoms with van der Waals surface area (Å²) in [6, 6.07) is 0.159. The fourth-order valence-corrected chi connectivity index (χ4v) is 3.61. The summed E-state index contributed by atoms with van der Waals surface area (Å²) >= 11 is 0. The Kier molecular flexibility index (Phi) is 5.41. The molecule has 1 aliphatic carbocycles. The van der Waals surface area contributed by atoms with Crippen molar-refractivity contribution >= 4 is 10.2 Å². The van der Waals surface area contributed by atoms with Gasteiger partial charge in [0.1, 0.15) is 0 Å². The van der Waals surface area contributed by atoms with Crippen molar-refractivity contribution in [3.63, 3.8) is 0 Å². The normalized spacial score (nSPS) is 21.1. The summed E-state index contributed by atoms with van der Waals surface area (Å²) in [4.78, 5) is 0. The molecule has 102 valence electrons. The molecule has 0 aromatic rings. The van der Waals surface area contributed by atoms with Crippen LogP contribution >= 0.6 is 0 Å². The Bertz CT molecular complexity index is 321. The summed E-state index contributed by atoms with van der Waals surface area (Å²) in [6.07, 6.45) is 5.51. The SMILES string of the molecule is CC(C)C(C)NS(=O)(=O)N(C)C1CCCCC1. The van der Waals surface area contributed by atoms with Gasteiger partial charge in [0.15, 0.2) is 0 Å². The van der Waals surface area contributed by atoms with E-state index < -0.39 is 10.2 Å². The molecule has 1 unspecified atom stereocenters. The zero-order valence-electron chi connectivity index (χ0n) is 11.4. The van der Waals surface area contributed by atoms with Crippen LogP contribution in [0.15, 0.2) is 0 Å². The Morgan fingerprint density at radius 2 is 1.65 bits per heavy atom. The van der Waals surface area contributed by atoms with Crippen LogP contribution in [0.2, 0.25) is 0 Å². The fraction of sp³-hybridized carbons (Fsp3) is 1.00. The van der Waals surface area contributed by atoms with Crippen LogP contribution in [-0.2, 0) is 10.2 Å². The van der Waals surface area contributed by atoms with Gasteiger partial charge in [0, 0.05) is 19.1 Å². The van der Waals surface area contributed by atoms with Gasteiger partial charge < -0.3 is 0 Å². The van der Waals surface area contributed by atoms with Crippen molar-refractivity contribution in [1.82, 2.24) is 9.03 Å². The van der Waals surface area contributed by atoms with Crippen molar-refractivity contribution in [2.24, 2.45) is 5.92 Å². The minimum atomic E-state index is -3.32. The zero-order chi connectivity index (χ0) is 13.1. The molecule has 0 saturated heterocycles. The summed E-state index contributed by atoms with van der Waals surface area (Å²) in [5.41, 5.74) is 0. The van der Waals surface area contributed by atoms with Gasteiger partial charge in [-0.1, -0.05) is 33.1 Å². The van der Waals surface area contributed by atoms with Gasteiger partial charge in [-0.3, -0.25) is 0 Å². The maximum absolute atomic E-state index is 12.2. The van der Waals surface area contributed by atoms with Gasteiger partial charge in [-0.2, -0.15) is 17.4 Å². The van der Waals surface area contributed by atoms with E-state index in [9.17, 15) is 8.42 Å². The van der Waals surface area contributed by atoms with E-state index >= 15 is 0 Å². The van der Waals surface area contributed by atoms with E-state index in [1.807, 2.05) is 20.8 Å². The highest BCUT2D eigenvalue weighted by Gasteiger charge is 2.28. The average Bonchev–Trinajstić information content (AvgIpc) is 2.28. The van der Waals surface area contributed by atoms with E-state index in [2.05, 4.69) is 4.72 Å². The summed E-state index contributed by atoms with van der Waals surface area (Å²) in [7, 11) is -1.62. The Morgan fingerprint density at radius 1 is 1.12 bits per heavy atom. The second kappa shape index (κ2) is 6.16. The van der Waals surface area contributed by atoms with Gasteiger partial charge in [-0.25, -0.2) is 0 Å². The Labute approximate surface area is 106 Å². The molecule has 4 nitrogen and oxygen atoms in total. The maximum Gasteiger partial charge on any atom is 0.279 e. The first-order valence-electron chi connectivity index (χ1n) is 6.60. The molecule has 1 atom stereocenters. The van der Waals surface area contributed by atoms with Gasteiger partial charge in [0.05, 0.1) is 0 Å². The van der Waals surface area contributed by atoms with Crippen molar-refractivity contribution in [2.45, 2.75) is 65.0 Å². The van der Waals surface area contributed by atoms with Crippen LogP contribution in [0.4, 0.5) is 0 Å². The lowest BCUT2D eigenvalue weighted by Crippen LogP contribution is -2.48. The Morgan fingerprint density at radius 3 is 2.12 bits per heavy atom. The molecule has 0 amide bonds. The average molecular weight is 262 g/mol. The van der Waals surface area contributed by atoms with Crippen molar-refractivity contribution in [2.75, 3.05) is 7.05 Å². The van der Waals surface area contributed by atoms with Crippen LogP contribution in [0.25, 0.3) is 0 Å². The molecule has 1 N–H and O–H groups in total. The van der Waals surface area contributed by atoms with Crippen molar-refractivity contribution in [1.29, 1.82) is 0 Å². The molecule has 0 spiro atoms. The van der Waals surface area contributed by atoms with E-state index in [4.69, 9.17) is 0 Å². The third-order valence-electron chi connectivity index (χ3n) is 3.80. The summed E-state index contributed by atoms with van der Waals surface area (Å²) < 4.78 is 28.6. The molecular formula is C12H26N2O2S. The molecule has 1 saturated carbocycles. The number of nitrogens with zero attached hydrogens (tertiary/aromatic N) is 1. The standard InChI is InChI=1S/C12H26N2O2S/c1-10(2)11(3)13-17(15,16)14(4)12-8-6-5-7-9-12/h10-13H,5-9H2,1-4H3. The second-order valence-electron chi connectivity index (χ2n) is 5.46. The molecule has 0 heterocycles. The molecule has 1 fully saturated rings. The highest BCUT2D eigenvalue weighted by molar-refractivity contribution is 7.87. The molecule has 1 aliphatic rings. The van der Waals surface area contributed by atoms with Crippen molar-refractivity contribution < 1.29 is 8.42 Å². The van der Waals surface area contributed by atoms with Crippen molar-refractivity contribution in [3.05, 3.63) is 0 Å². The van der Waals surface area contributed by atoms with Gasteiger partial charge in [0.2, 0.25) is 0 Å². The topological polar surface area (TPSA) is 49.4 Å². The number of nitrogens with one attached hydrogen (secondary N) is 1. The number of hydrogen-bond acceptors (Lipinski definition) is 2. The van der Waals surface area contributed by atoms with Gasteiger partial charge >= 0.3 is 0 Å². The van der Waals surface area contributed by atoms with E-state index in [1.54, 1.807) is 7.05 Å². The van der Waals surface area contributed by atoms with Gasteiger partial charge in [-0.15, -0.1) is 0 Å². The van der Waals surface area contributed by atoms with Crippen LogP contribution < -0.4 is 4.72 Å². The van der Waals surface area contributed by atoms with Crippen LogP contribution in [0.3, 0.4) is 0 Å². The lowest BCUT2D eigenvalue weighted by Gasteiger charge is -2.31. The summed E-state index contributed by atoms with van der Waals surface area (Å²) in [5, 5.41) is 0. The molecule has 0 aliphatic heterocycles. The first-order chi connectivity index (χ1) is 7.84. The Hall–Kier alpha value is -0.130. The highest BCUT2D eigenvalue weighted by Crippen LogP contribution is 2.23. The number of hydrogen-bond donors (Lipinski definition) is 1. The van der Waals surface area contributed by atoms with Gasteiger partial charge in [0.25, 0.3) is 10.2 Å². The largest absolute Gasteiger partial charge is 0.279 e. The first-order valence-corrected chi connectivity index (χ1v) is 8.04. The quantitative estimate of drug-likeness (QED) is 0.825. The van der Waals surface area contributed by atoms with E-state index in [0.717, 1.165) is 25.7 Å². The van der Waals surface area contributed by atoms with Crippen molar-refractivity contribution in [3.8, 4) is 0 Å². The third kappa shape index (κ3) is 4.23. The monoisotopic (exact) mass is 262 g/mol. The molecular weight excluding hydrogens is 236 g/mol. The van der Waals surface area contributed by atoms with E-state index in [1.165, 1.54) is 10.7 Å². The Balaban J connectivity index is 2.62. The molecule has 5 heteroatoms. The van der Waals surface area contributed by atoms with E-state index in [-0.39, 0.29) is 12.1 Å². The maximum atomic E-state index is 12.2. The van der Waals surface area contributed by atoms with Crippen LogP contribution in [0.1, 0.15) is 52.9 Å². The minimum Gasteiger partial charge on any atom is -0.199 e. The summed E-state index contributed by atoms with van der Waals surface area (Å²) in [5.74, 6) is 0.310. The van der Waals surface area contributed by atoms with E-state index in [0.29, 0.717) is 5.92 Å². The molecule has 0 bridgehead atoms. The zero-order valence-corrected chi connectivity index (χ0v) is 12.3. The smallest absolute Gasteiger partial charge is 0.199 e. The third-order valence-corrected chi connectivity index (χ3v) is 5.53. The lowest BCUT2D eigenvalue weighted by molar-refractivity contribution is 0.280. The van der Waals surface area contributed by atoms with Crippen LogP contribution in [0, 0.1) is 5.92 Å². The fourth-order valence-electron chi connectivity index (χ4n) is 2.10. The van der Waals surface area contributed by atoms with Crippen LogP contribution in [-0.4, -0.2) is 31.9 Å². The first kappa shape index (κ1) is 14.9. The molecule has 0 aromatic heterocycles. The molecule has 0 aromatic carbocycles. The predicted molar refractivity (Wildman–Crippen MR) is 71.0 cm³/mol. The number of rotatable bonds is 5. The predicted octanol–water partition coefficient (Wildman–Crippen LogP) is 2.13. The van der Waals surface area contributed by atoms with Crippen LogP contribution in [0.5, 0.6) is 0 Å². The summed E-state index contributed by atoms with van der Waals surface area (Å²) in [6.45, 7) is 5.96. The lowest BCUT2D eigenvalue weighted by atomic mass is 9.96. The molecule has 17 heavy (non-hydrogen) atoms.